The molecule has 1 saturated heterocycles. The van der Waals surface area contributed by atoms with Crippen LogP contribution in [0.2, 0.25) is 0 Å². The maximum atomic E-state index is 13.7. The van der Waals surface area contributed by atoms with Crippen molar-refractivity contribution < 1.29 is 14.1 Å². The minimum absolute atomic E-state index is 0.0327. The Morgan fingerprint density at radius 1 is 1.10 bits per heavy atom. The van der Waals surface area contributed by atoms with Gasteiger partial charge in [0.15, 0.2) is 0 Å². The number of piperazine rings is 1. The number of pyridine rings is 1. The number of anilines is 2. The molecular weight excluding hydrogens is 389 g/mol. The molecule has 0 radical (unpaired) electrons. The van der Waals surface area contributed by atoms with Crippen LogP contribution in [0, 0.1) is 15.9 Å². The molecule has 1 N–H and O–H groups in total. The molecule has 0 bridgehead atoms. The highest BCUT2D eigenvalue weighted by molar-refractivity contribution is 5.97. The molecule has 0 spiro atoms. The number of carbonyl (C=O) groups excluding carboxylic acids is 1. The number of nitro groups is 1. The lowest BCUT2D eigenvalue weighted by Crippen LogP contribution is -2.48. The number of non-ortho nitro benzene ring substituents is 1. The van der Waals surface area contributed by atoms with Crippen molar-refractivity contribution in [2.24, 2.45) is 0 Å². The van der Waals surface area contributed by atoms with E-state index >= 15 is 0 Å². The summed E-state index contributed by atoms with van der Waals surface area (Å²) in [7, 11) is 0. The Bertz CT molecular complexity index is 1100. The maximum absolute atomic E-state index is 13.7. The van der Waals surface area contributed by atoms with Gasteiger partial charge in [-0.15, -0.1) is 0 Å². The van der Waals surface area contributed by atoms with Crippen LogP contribution in [0.25, 0.3) is 10.9 Å². The first-order valence-electron chi connectivity index (χ1n) is 9.57. The van der Waals surface area contributed by atoms with Crippen LogP contribution in [0.1, 0.15) is 0 Å². The van der Waals surface area contributed by atoms with Crippen molar-refractivity contribution in [1.82, 2.24) is 9.88 Å². The van der Waals surface area contributed by atoms with Gasteiger partial charge in [0.2, 0.25) is 5.91 Å². The van der Waals surface area contributed by atoms with E-state index in [9.17, 15) is 19.3 Å². The van der Waals surface area contributed by atoms with Crippen molar-refractivity contribution >= 4 is 33.9 Å². The van der Waals surface area contributed by atoms with Gasteiger partial charge in [0.05, 0.1) is 28.2 Å². The van der Waals surface area contributed by atoms with E-state index in [0.29, 0.717) is 37.1 Å². The van der Waals surface area contributed by atoms with Gasteiger partial charge >= 0.3 is 0 Å². The fourth-order valence-corrected chi connectivity index (χ4v) is 3.66. The van der Waals surface area contributed by atoms with E-state index in [-0.39, 0.29) is 23.8 Å². The molecule has 1 aliphatic rings. The number of nitrogens with one attached hydrogen (secondary N) is 1. The lowest BCUT2D eigenvalue weighted by Gasteiger charge is -2.36. The number of carbonyl (C=O) groups is 1. The van der Waals surface area contributed by atoms with E-state index in [2.05, 4.69) is 15.2 Å². The molecule has 1 fully saturated rings. The monoisotopic (exact) mass is 409 g/mol. The fraction of sp³-hybridized carbons (Fsp3) is 0.238. The average molecular weight is 409 g/mol. The molecule has 30 heavy (non-hydrogen) atoms. The van der Waals surface area contributed by atoms with Gasteiger partial charge in [0, 0.05) is 38.4 Å². The fourth-order valence-electron chi connectivity index (χ4n) is 3.66. The topological polar surface area (TPSA) is 91.6 Å². The molecule has 4 rings (SSSR count). The molecule has 2 heterocycles. The number of halogens is 1. The van der Waals surface area contributed by atoms with Crippen molar-refractivity contribution in [2.45, 2.75) is 0 Å². The molecular formula is C21H20FN5O3. The molecule has 0 aliphatic carbocycles. The lowest BCUT2D eigenvalue weighted by atomic mass is 10.1. The van der Waals surface area contributed by atoms with Crippen molar-refractivity contribution in [2.75, 3.05) is 42.9 Å². The number of fused-ring (bicyclic) bond motifs is 1. The van der Waals surface area contributed by atoms with Crippen LogP contribution in [0.4, 0.5) is 21.5 Å². The van der Waals surface area contributed by atoms with E-state index in [1.54, 1.807) is 36.5 Å². The minimum atomic E-state index is -0.465. The Morgan fingerprint density at radius 3 is 2.60 bits per heavy atom. The van der Waals surface area contributed by atoms with Crippen LogP contribution in [0.3, 0.4) is 0 Å². The molecule has 1 aliphatic heterocycles. The molecule has 154 valence electrons. The number of amides is 1. The van der Waals surface area contributed by atoms with Gasteiger partial charge in [-0.25, -0.2) is 4.39 Å². The van der Waals surface area contributed by atoms with E-state index in [1.807, 2.05) is 4.90 Å². The highest BCUT2D eigenvalue weighted by Crippen LogP contribution is 2.32. The SMILES string of the molecule is O=C(CN1CCN(c2ccc([N+](=O)[O-])c3cccnc23)CC1)Nc1ccccc1F. The first-order chi connectivity index (χ1) is 14.5. The van der Waals surface area contributed by atoms with Gasteiger partial charge in [0.25, 0.3) is 5.69 Å². The number of para-hydroxylation sites is 1. The number of nitro benzene ring substituents is 1. The van der Waals surface area contributed by atoms with Crippen molar-refractivity contribution in [3.63, 3.8) is 0 Å². The summed E-state index contributed by atoms with van der Waals surface area (Å²) in [5, 5.41) is 14.4. The van der Waals surface area contributed by atoms with E-state index < -0.39 is 10.7 Å². The second-order valence-corrected chi connectivity index (χ2v) is 7.05. The molecule has 1 aromatic heterocycles. The number of aromatic nitrogens is 1. The zero-order chi connectivity index (χ0) is 21.1. The van der Waals surface area contributed by atoms with Gasteiger partial charge in [-0.05, 0) is 30.3 Å². The van der Waals surface area contributed by atoms with Crippen LogP contribution < -0.4 is 10.2 Å². The van der Waals surface area contributed by atoms with Gasteiger partial charge in [-0.2, -0.15) is 0 Å². The van der Waals surface area contributed by atoms with E-state index in [0.717, 1.165) is 5.69 Å². The Labute approximate surface area is 172 Å². The Kier molecular flexibility index (Phi) is 5.53. The molecule has 3 aromatic rings. The van der Waals surface area contributed by atoms with Gasteiger partial charge < -0.3 is 10.2 Å². The van der Waals surface area contributed by atoms with Crippen LogP contribution in [-0.2, 0) is 4.79 Å². The smallest absolute Gasteiger partial charge is 0.278 e. The molecule has 0 unspecified atom stereocenters. The summed E-state index contributed by atoms with van der Waals surface area (Å²) in [5.74, 6) is -0.732. The molecule has 2 aromatic carbocycles. The molecule has 0 atom stereocenters. The van der Waals surface area contributed by atoms with Crippen molar-refractivity contribution in [3.8, 4) is 0 Å². The third kappa shape index (κ3) is 4.06. The van der Waals surface area contributed by atoms with E-state index in [1.165, 1.54) is 18.2 Å². The molecule has 0 saturated carbocycles. The Hall–Kier alpha value is -3.59. The Morgan fingerprint density at radius 2 is 1.87 bits per heavy atom. The second-order valence-electron chi connectivity index (χ2n) is 7.05. The summed E-state index contributed by atoms with van der Waals surface area (Å²) >= 11 is 0. The third-order valence-electron chi connectivity index (χ3n) is 5.15. The zero-order valence-electron chi connectivity index (χ0n) is 16.1. The minimum Gasteiger partial charge on any atom is -0.367 e. The number of benzene rings is 2. The predicted octanol–water partition coefficient (Wildman–Crippen LogP) is 3.04. The number of hydrogen-bond acceptors (Lipinski definition) is 6. The summed E-state index contributed by atoms with van der Waals surface area (Å²) in [6.45, 7) is 2.74. The Balaban J connectivity index is 1.41. The highest BCUT2D eigenvalue weighted by atomic mass is 19.1. The normalized spacial score (nSPS) is 14.6. The summed E-state index contributed by atoms with van der Waals surface area (Å²) < 4.78 is 13.7. The third-order valence-corrected chi connectivity index (χ3v) is 5.15. The summed E-state index contributed by atoms with van der Waals surface area (Å²) in [5.41, 5.74) is 1.64. The second kappa shape index (κ2) is 8.42. The van der Waals surface area contributed by atoms with Crippen LogP contribution >= 0.6 is 0 Å². The zero-order valence-corrected chi connectivity index (χ0v) is 16.1. The van der Waals surface area contributed by atoms with Crippen molar-refractivity contribution in [3.05, 3.63) is 70.7 Å². The largest absolute Gasteiger partial charge is 0.367 e. The predicted molar refractivity (Wildman–Crippen MR) is 112 cm³/mol. The lowest BCUT2D eigenvalue weighted by molar-refractivity contribution is -0.383. The van der Waals surface area contributed by atoms with Gasteiger partial charge in [0.1, 0.15) is 11.3 Å². The van der Waals surface area contributed by atoms with Crippen molar-refractivity contribution in [1.29, 1.82) is 0 Å². The summed E-state index contributed by atoms with van der Waals surface area (Å²) in [6, 6.07) is 12.7. The quantitative estimate of drug-likeness (QED) is 0.514. The molecule has 8 nitrogen and oxygen atoms in total. The van der Waals surface area contributed by atoms with Gasteiger partial charge in [-0.1, -0.05) is 12.1 Å². The number of nitrogens with zero attached hydrogens (tertiary/aromatic N) is 4. The van der Waals surface area contributed by atoms with Crippen LogP contribution in [0.5, 0.6) is 0 Å². The number of hydrogen-bond donors (Lipinski definition) is 1. The van der Waals surface area contributed by atoms with Crippen LogP contribution in [0.15, 0.2) is 54.7 Å². The maximum Gasteiger partial charge on any atom is 0.278 e. The molecule has 9 heteroatoms. The first-order valence-corrected chi connectivity index (χ1v) is 9.57. The first kappa shape index (κ1) is 19.7. The molecule has 1 amide bonds. The van der Waals surface area contributed by atoms with Crippen LogP contribution in [-0.4, -0.2) is 53.4 Å². The average Bonchev–Trinajstić information content (AvgIpc) is 2.75. The van der Waals surface area contributed by atoms with E-state index in [4.69, 9.17) is 0 Å². The summed E-state index contributed by atoms with van der Waals surface area (Å²) in [6.07, 6.45) is 1.62. The highest BCUT2D eigenvalue weighted by Gasteiger charge is 2.23. The summed E-state index contributed by atoms with van der Waals surface area (Å²) in [4.78, 5) is 31.6. The standard InChI is InChI=1S/C21H20FN5O3/c22-16-5-1-2-6-17(16)24-20(28)14-25-10-12-26(13-11-25)19-8-7-18(27(29)30)15-4-3-9-23-21(15)19/h1-9H,10-14H2,(H,24,28). The number of rotatable bonds is 5. The van der Waals surface area contributed by atoms with Gasteiger partial charge in [-0.3, -0.25) is 24.8 Å².